The summed E-state index contributed by atoms with van der Waals surface area (Å²) in [6.45, 7) is 9.85. The number of H-pyrrole nitrogens is 1. The van der Waals surface area contributed by atoms with Crippen LogP contribution in [0, 0.1) is 20.8 Å². The van der Waals surface area contributed by atoms with Gasteiger partial charge in [-0.25, -0.2) is 4.98 Å². The summed E-state index contributed by atoms with van der Waals surface area (Å²) in [7, 11) is 0. The molecule has 0 aliphatic rings. The van der Waals surface area contributed by atoms with Gasteiger partial charge in [-0.3, -0.25) is 9.69 Å². The highest BCUT2D eigenvalue weighted by molar-refractivity contribution is 7.19. The molecule has 2 N–H and O–H groups in total. The van der Waals surface area contributed by atoms with E-state index in [2.05, 4.69) is 41.1 Å². The number of fused-ring (bicyclic) bond motifs is 1. The normalized spacial score (nSPS) is 12.6. The van der Waals surface area contributed by atoms with E-state index in [4.69, 9.17) is 4.98 Å². The Morgan fingerprint density at radius 3 is 2.28 bits per heavy atom. The SMILES string of the molecule is CCN(Cc1nc2sc(C)c(-c3ccc(C)cc3)c2c(=O)[nH]1)C[C@H](O)c1ccc(C)cc1. The van der Waals surface area contributed by atoms with E-state index >= 15 is 0 Å². The molecule has 0 unspecified atom stereocenters. The van der Waals surface area contributed by atoms with Crippen molar-refractivity contribution >= 4 is 21.6 Å². The van der Waals surface area contributed by atoms with Crippen molar-refractivity contribution in [2.24, 2.45) is 0 Å². The molecule has 0 aliphatic heterocycles. The Balaban J connectivity index is 1.60. The molecule has 1 atom stereocenters. The molecule has 166 valence electrons. The van der Waals surface area contributed by atoms with Crippen LogP contribution in [0.3, 0.4) is 0 Å². The molecule has 4 rings (SSSR count). The van der Waals surface area contributed by atoms with E-state index in [-0.39, 0.29) is 5.56 Å². The molecule has 5 nitrogen and oxygen atoms in total. The number of thiophene rings is 1. The Morgan fingerprint density at radius 1 is 1.03 bits per heavy atom. The minimum Gasteiger partial charge on any atom is -0.387 e. The maximum absolute atomic E-state index is 13.1. The lowest BCUT2D eigenvalue weighted by molar-refractivity contribution is 0.111. The summed E-state index contributed by atoms with van der Waals surface area (Å²) in [5, 5.41) is 11.3. The van der Waals surface area contributed by atoms with Crippen LogP contribution >= 0.6 is 11.3 Å². The van der Waals surface area contributed by atoms with Crippen molar-refractivity contribution in [3.05, 3.63) is 86.3 Å². The second-order valence-electron chi connectivity index (χ2n) is 8.35. The molecule has 0 fully saturated rings. The fraction of sp³-hybridized carbons (Fsp3) is 0.308. The van der Waals surface area contributed by atoms with Crippen LogP contribution in [0.1, 0.15) is 40.4 Å². The Morgan fingerprint density at radius 2 is 1.66 bits per heavy atom. The summed E-state index contributed by atoms with van der Waals surface area (Å²) in [5.41, 5.74) is 5.14. The molecule has 0 spiro atoms. The molecule has 0 bridgehead atoms. The first-order valence-corrected chi connectivity index (χ1v) is 11.7. The number of aryl methyl sites for hydroxylation is 3. The number of hydrogen-bond acceptors (Lipinski definition) is 5. The number of aliphatic hydroxyl groups is 1. The number of aliphatic hydroxyl groups excluding tert-OH is 1. The zero-order valence-electron chi connectivity index (χ0n) is 19.0. The van der Waals surface area contributed by atoms with Crippen LogP contribution < -0.4 is 5.56 Å². The lowest BCUT2D eigenvalue weighted by Gasteiger charge is -2.23. The first kappa shape index (κ1) is 22.4. The monoisotopic (exact) mass is 447 g/mol. The Bertz CT molecular complexity index is 1270. The topological polar surface area (TPSA) is 69.2 Å². The van der Waals surface area contributed by atoms with Gasteiger partial charge in [0.2, 0.25) is 0 Å². The highest BCUT2D eigenvalue weighted by atomic mass is 32.1. The van der Waals surface area contributed by atoms with Crippen molar-refractivity contribution in [3.63, 3.8) is 0 Å². The fourth-order valence-corrected chi connectivity index (χ4v) is 5.03. The number of rotatable bonds is 7. The maximum Gasteiger partial charge on any atom is 0.260 e. The van der Waals surface area contributed by atoms with Crippen molar-refractivity contribution in [2.45, 2.75) is 40.3 Å². The van der Waals surface area contributed by atoms with Crippen LogP contribution in [0.15, 0.2) is 53.3 Å². The van der Waals surface area contributed by atoms with Gasteiger partial charge in [0, 0.05) is 17.0 Å². The van der Waals surface area contributed by atoms with E-state index in [0.717, 1.165) is 32.9 Å². The summed E-state index contributed by atoms with van der Waals surface area (Å²) >= 11 is 1.55. The summed E-state index contributed by atoms with van der Waals surface area (Å²) in [6.07, 6.45) is -0.594. The Kier molecular flexibility index (Phi) is 6.55. The van der Waals surface area contributed by atoms with Gasteiger partial charge in [-0.2, -0.15) is 0 Å². The smallest absolute Gasteiger partial charge is 0.260 e. The zero-order chi connectivity index (χ0) is 22.8. The third-order valence-corrected chi connectivity index (χ3v) is 6.84. The van der Waals surface area contributed by atoms with Crippen LogP contribution in [0.2, 0.25) is 0 Å². The predicted molar refractivity (Wildman–Crippen MR) is 132 cm³/mol. The van der Waals surface area contributed by atoms with Gasteiger partial charge >= 0.3 is 0 Å². The number of nitrogens with one attached hydrogen (secondary N) is 1. The first-order valence-electron chi connectivity index (χ1n) is 10.9. The highest BCUT2D eigenvalue weighted by Gasteiger charge is 2.18. The molecule has 0 radical (unpaired) electrons. The predicted octanol–water partition coefficient (Wildman–Crippen LogP) is 5.13. The van der Waals surface area contributed by atoms with Gasteiger partial charge in [0.25, 0.3) is 5.56 Å². The van der Waals surface area contributed by atoms with Gasteiger partial charge in [0.05, 0.1) is 18.0 Å². The van der Waals surface area contributed by atoms with Crippen molar-refractivity contribution in [1.29, 1.82) is 0 Å². The molecule has 2 aromatic carbocycles. The van der Waals surface area contributed by atoms with Gasteiger partial charge in [-0.1, -0.05) is 66.6 Å². The highest BCUT2D eigenvalue weighted by Crippen LogP contribution is 2.35. The average Bonchev–Trinajstić information content (AvgIpc) is 3.10. The molecule has 0 aliphatic carbocycles. The fourth-order valence-electron chi connectivity index (χ4n) is 3.96. The number of hydrogen-bond donors (Lipinski definition) is 2. The molecule has 0 saturated carbocycles. The summed E-state index contributed by atoms with van der Waals surface area (Å²) in [4.78, 5) is 24.8. The van der Waals surface area contributed by atoms with Crippen LogP contribution in [-0.4, -0.2) is 33.1 Å². The molecule has 32 heavy (non-hydrogen) atoms. The van der Waals surface area contributed by atoms with Crippen molar-refractivity contribution < 1.29 is 5.11 Å². The number of aromatic amines is 1. The molecular formula is C26H29N3O2S. The van der Waals surface area contributed by atoms with Gasteiger partial charge in [0.15, 0.2) is 0 Å². The maximum atomic E-state index is 13.1. The summed E-state index contributed by atoms with van der Waals surface area (Å²) in [5.74, 6) is 0.622. The van der Waals surface area contributed by atoms with Gasteiger partial charge < -0.3 is 10.1 Å². The summed E-state index contributed by atoms with van der Waals surface area (Å²) < 4.78 is 0. The van der Waals surface area contributed by atoms with E-state index in [1.54, 1.807) is 11.3 Å². The molecule has 0 saturated heterocycles. The minimum atomic E-state index is -0.594. The average molecular weight is 448 g/mol. The Hall–Kier alpha value is -2.80. The second kappa shape index (κ2) is 9.36. The number of aromatic nitrogens is 2. The Labute approximate surface area is 192 Å². The quantitative estimate of drug-likeness (QED) is 0.412. The summed E-state index contributed by atoms with van der Waals surface area (Å²) in [6, 6.07) is 16.2. The van der Waals surface area contributed by atoms with E-state index in [1.165, 1.54) is 11.1 Å². The van der Waals surface area contributed by atoms with Crippen molar-refractivity contribution in [3.8, 4) is 11.1 Å². The lowest BCUT2D eigenvalue weighted by Crippen LogP contribution is -2.30. The van der Waals surface area contributed by atoms with E-state index in [9.17, 15) is 9.90 Å². The third-order valence-electron chi connectivity index (χ3n) is 5.84. The van der Waals surface area contributed by atoms with Crippen molar-refractivity contribution in [1.82, 2.24) is 14.9 Å². The van der Waals surface area contributed by atoms with E-state index in [0.29, 0.717) is 24.3 Å². The first-order chi connectivity index (χ1) is 15.4. The van der Waals surface area contributed by atoms with Gasteiger partial charge in [-0.05, 0) is 38.4 Å². The molecular weight excluding hydrogens is 418 g/mol. The molecule has 6 heteroatoms. The second-order valence-corrected chi connectivity index (χ2v) is 9.55. The molecule has 2 aromatic heterocycles. The lowest BCUT2D eigenvalue weighted by atomic mass is 10.0. The zero-order valence-corrected chi connectivity index (χ0v) is 19.8. The molecule has 2 heterocycles. The van der Waals surface area contributed by atoms with Crippen LogP contribution in [-0.2, 0) is 6.54 Å². The minimum absolute atomic E-state index is 0.111. The van der Waals surface area contributed by atoms with E-state index in [1.807, 2.05) is 45.0 Å². The van der Waals surface area contributed by atoms with Crippen LogP contribution in [0.5, 0.6) is 0 Å². The third kappa shape index (κ3) is 4.67. The van der Waals surface area contributed by atoms with Crippen LogP contribution in [0.4, 0.5) is 0 Å². The van der Waals surface area contributed by atoms with Crippen molar-refractivity contribution in [2.75, 3.05) is 13.1 Å². The standard InChI is InChI=1S/C26H29N3O2S/c1-5-29(14-21(30)19-10-6-16(2)7-11-19)15-22-27-25(31)24-23(18(4)32-26(24)28-22)20-12-8-17(3)9-13-20/h6-13,21,30H,5,14-15H2,1-4H3,(H,27,28,31)/t21-/m0/s1. The molecule has 4 aromatic rings. The largest absolute Gasteiger partial charge is 0.387 e. The van der Waals surface area contributed by atoms with Crippen LogP contribution in [0.25, 0.3) is 21.3 Å². The van der Waals surface area contributed by atoms with Gasteiger partial charge in [-0.15, -0.1) is 11.3 Å². The number of benzene rings is 2. The molecule has 0 amide bonds. The van der Waals surface area contributed by atoms with E-state index < -0.39 is 6.10 Å². The number of likely N-dealkylation sites (N-methyl/N-ethyl adjacent to an activating group) is 1. The van der Waals surface area contributed by atoms with Gasteiger partial charge in [0.1, 0.15) is 10.7 Å². The number of nitrogens with zero attached hydrogens (tertiary/aromatic N) is 2.